The van der Waals surface area contributed by atoms with Crippen LogP contribution in [0.5, 0.6) is 5.75 Å². The molecule has 0 saturated heterocycles. The largest absolute Gasteiger partial charge is 0.489 e. The van der Waals surface area contributed by atoms with E-state index in [9.17, 15) is 0 Å². The summed E-state index contributed by atoms with van der Waals surface area (Å²) in [6, 6.07) is 9.63. The van der Waals surface area contributed by atoms with E-state index in [-0.39, 0.29) is 6.10 Å². The number of halogens is 1. The van der Waals surface area contributed by atoms with Gasteiger partial charge in [0.15, 0.2) is 0 Å². The fourth-order valence-electron chi connectivity index (χ4n) is 1.52. The van der Waals surface area contributed by atoms with Gasteiger partial charge < -0.3 is 10.5 Å². The second-order valence-electron chi connectivity index (χ2n) is 4.23. The first kappa shape index (κ1) is 14.2. The molecule has 0 amide bonds. The molecule has 0 aliphatic heterocycles. The molecule has 0 unspecified atom stereocenters. The average Bonchev–Trinajstić information content (AvgIpc) is 2.36. The fourth-order valence-corrected chi connectivity index (χ4v) is 2.86. The monoisotopic (exact) mass is 338 g/mol. The van der Waals surface area contributed by atoms with Crippen LogP contribution >= 0.6 is 27.7 Å². The summed E-state index contributed by atoms with van der Waals surface area (Å²) in [6.45, 7) is 3.96. The number of para-hydroxylation sites is 1. The zero-order valence-electron chi connectivity index (χ0n) is 10.8. The van der Waals surface area contributed by atoms with Crippen molar-refractivity contribution in [2.75, 3.05) is 5.73 Å². The zero-order chi connectivity index (χ0) is 13.8. The first-order chi connectivity index (χ1) is 9.08. The van der Waals surface area contributed by atoms with Gasteiger partial charge in [-0.05, 0) is 54.0 Å². The molecule has 1 aromatic carbocycles. The van der Waals surface area contributed by atoms with Crippen molar-refractivity contribution in [3.8, 4) is 5.75 Å². The van der Waals surface area contributed by atoms with Crippen LogP contribution in [0, 0.1) is 0 Å². The van der Waals surface area contributed by atoms with Crippen molar-refractivity contribution in [2.24, 2.45) is 0 Å². The molecule has 0 aliphatic rings. The smallest absolute Gasteiger partial charge is 0.143 e. The number of aromatic nitrogens is 1. The molecule has 100 valence electrons. The maximum absolute atomic E-state index is 6.14. The van der Waals surface area contributed by atoms with E-state index < -0.39 is 0 Å². The summed E-state index contributed by atoms with van der Waals surface area (Å²) in [5, 5.41) is 0.885. The first-order valence-corrected chi connectivity index (χ1v) is 7.52. The number of nitrogens with zero attached hydrogens (tertiary/aromatic N) is 1. The molecule has 0 fully saturated rings. The van der Waals surface area contributed by atoms with Gasteiger partial charge in [0, 0.05) is 11.1 Å². The van der Waals surface area contributed by atoms with Crippen molar-refractivity contribution in [1.82, 2.24) is 4.98 Å². The van der Waals surface area contributed by atoms with Gasteiger partial charge in [0.1, 0.15) is 10.8 Å². The highest BCUT2D eigenvalue weighted by molar-refractivity contribution is 9.10. The van der Waals surface area contributed by atoms with Crippen LogP contribution in [-0.4, -0.2) is 11.1 Å². The van der Waals surface area contributed by atoms with Crippen molar-refractivity contribution in [3.05, 3.63) is 41.0 Å². The Morgan fingerprint density at radius 1 is 1.26 bits per heavy atom. The lowest BCUT2D eigenvalue weighted by Gasteiger charge is -2.14. The van der Waals surface area contributed by atoms with Gasteiger partial charge >= 0.3 is 0 Å². The molecule has 2 aromatic rings. The van der Waals surface area contributed by atoms with Gasteiger partial charge in [-0.3, -0.25) is 0 Å². The molecule has 2 N–H and O–H groups in total. The lowest BCUT2D eigenvalue weighted by Crippen LogP contribution is -2.07. The molecule has 0 bridgehead atoms. The summed E-state index contributed by atoms with van der Waals surface area (Å²) in [5.74, 6) is 0.715. The van der Waals surface area contributed by atoms with Crippen molar-refractivity contribution < 1.29 is 4.74 Å². The summed E-state index contributed by atoms with van der Waals surface area (Å²) in [4.78, 5) is 5.27. The summed E-state index contributed by atoms with van der Waals surface area (Å²) in [6.07, 6.45) is 1.86. The predicted molar refractivity (Wildman–Crippen MR) is 82.7 cm³/mol. The van der Waals surface area contributed by atoms with Gasteiger partial charge in [0.25, 0.3) is 0 Å². The summed E-state index contributed by atoms with van der Waals surface area (Å²) in [7, 11) is 0. The molecule has 2 rings (SSSR count). The van der Waals surface area contributed by atoms with E-state index in [1.54, 1.807) is 6.20 Å². The molecule has 5 heteroatoms. The Balaban J connectivity index is 2.28. The quantitative estimate of drug-likeness (QED) is 0.841. The molecular weight excluding hydrogens is 324 g/mol. The van der Waals surface area contributed by atoms with E-state index in [0.29, 0.717) is 11.4 Å². The molecule has 0 atom stereocenters. The third-order valence-corrected chi connectivity index (χ3v) is 4.32. The van der Waals surface area contributed by atoms with E-state index in [0.717, 1.165) is 14.4 Å². The van der Waals surface area contributed by atoms with Crippen LogP contribution in [-0.2, 0) is 0 Å². The molecule has 0 radical (unpaired) electrons. The molecule has 1 aromatic heterocycles. The van der Waals surface area contributed by atoms with Gasteiger partial charge in [-0.15, -0.1) is 0 Å². The average molecular weight is 339 g/mol. The van der Waals surface area contributed by atoms with Crippen molar-refractivity contribution in [2.45, 2.75) is 29.9 Å². The van der Waals surface area contributed by atoms with Crippen molar-refractivity contribution >= 4 is 33.4 Å². The number of hydrogen-bond acceptors (Lipinski definition) is 4. The van der Waals surface area contributed by atoms with Crippen molar-refractivity contribution in [3.63, 3.8) is 0 Å². The van der Waals surface area contributed by atoms with Crippen LogP contribution in [0.4, 0.5) is 5.69 Å². The van der Waals surface area contributed by atoms with Crippen molar-refractivity contribution in [1.29, 1.82) is 0 Å². The molecule has 0 saturated carbocycles. The zero-order valence-corrected chi connectivity index (χ0v) is 13.2. The second-order valence-corrected chi connectivity index (χ2v) is 6.11. The lowest BCUT2D eigenvalue weighted by atomic mass is 10.3. The lowest BCUT2D eigenvalue weighted by molar-refractivity contribution is 0.243. The molecule has 3 nitrogen and oxygen atoms in total. The highest BCUT2D eigenvalue weighted by atomic mass is 79.9. The van der Waals surface area contributed by atoms with Crippen LogP contribution in [0.2, 0.25) is 0 Å². The summed E-state index contributed by atoms with van der Waals surface area (Å²) < 4.78 is 6.64. The van der Waals surface area contributed by atoms with E-state index >= 15 is 0 Å². The molecule has 19 heavy (non-hydrogen) atoms. The van der Waals surface area contributed by atoms with E-state index in [1.165, 1.54) is 11.8 Å². The third kappa shape index (κ3) is 3.64. The van der Waals surface area contributed by atoms with E-state index in [2.05, 4.69) is 20.9 Å². The minimum absolute atomic E-state index is 0.101. The first-order valence-electron chi connectivity index (χ1n) is 5.91. The van der Waals surface area contributed by atoms with Crippen LogP contribution in [0.25, 0.3) is 0 Å². The Bertz CT molecular complexity index is 575. The Morgan fingerprint density at radius 2 is 2.05 bits per heavy atom. The predicted octanol–water partition coefficient (Wildman–Crippen LogP) is 4.36. The summed E-state index contributed by atoms with van der Waals surface area (Å²) in [5.41, 5.74) is 6.79. The normalized spacial score (nSPS) is 10.7. The SMILES string of the molecule is CC(C)Oc1cccc(Sc2ncccc2Br)c1N. The molecular formula is C14H15BrN2OS. The summed E-state index contributed by atoms with van der Waals surface area (Å²) >= 11 is 5.00. The van der Waals surface area contributed by atoms with E-state index in [4.69, 9.17) is 10.5 Å². The number of rotatable bonds is 4. The van der Waals surface area contributed by atoms with E-state index in [1.807, 2.05) is 44.2 Å². The molecule has 1 heterocycles. The van der Waals surface area contributed by atoms with Crippen LogP contribution in [0.15, 0.2) is 50.9 Å². The van der Waals surface area contributed by atoms with Gasteiger partial charge in [0.2, 0.25) is 0 Å². The minimum atomic E-state index is 0.101. The number of pyridine rings is 1. The second kappa shape index (κ2) is 6.30. The van der Waals surface area contributed by atoms with Gasteiger partial charge in [-0.2, -0.15) is 0 Å². The minimum Gasteiger partial charge on any atom is -0.489 e. The van der Waals surface area contributed by atoms with Gasteiger partial charge in [0.05, 0.1) is 16.3 Å². The topological polar surface area (TPSA) is 48.1 Å². The number of ether oxygens (including phenoxy) is 1. The maximum atomic E-state index is 6.14. The Hall–Kier alpha value is -1.20. The standard InChI is InChI=1S/C14H15BrN2OS/c1-9(2)18-11-6-3-7-12(13(11)16)19-14-10(15)5-4-8-17-14/h3-9H,16H2,1-2H3. The number of anilines is 1. The van der Waals surface area contributed by atoms with Crippen LogP contribution in [0.3, 0.4) is 0 Å². The highest BCUT2D eigenvalue weighted by Gasteiger charge is 2.10. The fraction of sp³-hybridized carbons (Fsp3) is 0.214. The number of benzene rings is 1. The molecule has 0 aliphatic carbocycles. The third-order valence-electron chi connectivity index (χ3n) is 2.32. The maximum Gasteiger partial charge on any atom is 0.143 e. The molecule has 0 spiro atoms. The Labute approximate surface area is 125 Å². The number of nitrogen functional groups attached to an aromatic ring is 1. The van der Waals surface area contributed by atoms with Gasteiger partial charge in [-0.25, -0.2) is 4.98 Å². The van der Waals surface area contributed by atoms with Crippen LogP contribution < -0.4 is 10.5 Å². The van der Waals surface area contributed by atoms with Crippen LogP contribution in [0.1, 0.15) is 13.8 Å². The Morgan fingerprint density at radius 3 is 2.74 bits per heavy atom. The Kier molecular flexibility index (Phi) is 4.71. The number of nitrogens with two attached hydrogens (primary N) is 1. The van der Waals surface area contributed by atoms with Gasteiger partial charge in [-0.1, -0.05) is 17.8 Å². The highest BCUT2D eigenvalue weighted by Crippen LogP contribution is 2.38. The number of hydrogen-bond donors (Lipinski definition) is 1.